The van der Waals surface area contributed by atoms with Gasteiger partial charge in [-0.2, -0.15) is 0 Å². The molecule has 0 amide bonds. The first-order valence-electron chi connectivity index (χ1n) is 5.18. The van der Waals surface area contributed by atoms with Crippen LogP contribution in [0.1, 0.15) is 5.56 Å². The van der Waals surface area contributed by atoms with Gasteiger partial charge < -0.3 is 0 Å². The average Bonchev–Trinajstić information content (AvgIpc) is 2.41. The maximum Gasteiger partial charge on any atom is 0.219 e. The summed E-state index contributed by atoms with van der Waals surface area (Å²) >= 11 is 0.00350. The van der Waals surface area contributed by atoms with Gasteiger partial charge in [0, 0.05) is 5.56 Å². The fourth-order valence-corrected chi connectivity index (χ4v) is 3.58. The summed E-state index contributed by atoms with van der Waals surface area (Å²) in [5.74, 6) is 0. The Labute approximate surface area is 109 Å². The molecule has 0 atom stereocenters. The second-order valence-corrected chi connectivity index (χ2v) is 6.27. The third-order valence-electron chi connectivity index (χ3n) is 2.38. The molecule has 0 heterocycles. The van der Waals surface area contributed by atoms with Gasteiger partial charge in [0.1, 0.15) is 11.3 Å². The summed E-state index contributed by atoms with van der Waals surface area (Å²) < 4.78 is 35.6. The van der Waals surface area contributed by atoms with Crippen molar-refractivity contribution in [2.24, 2.45) is 0 Å². The Morgan fingerprint density at radius 1 is 0.833 bits per heavy atom. The van der Waals surface area contributed by atoms with E-state index in [0.717, 1.165) is 0 Å². The molecule has 0 aliphatic carbocycles. The molecule has 0 spiro atoms. The Balaban J connectivity index is 2.58. The highest BCUT2D eigenvalue weighted by atomic mass is 32.2. The van der Waals surface area contributed by atoms with E-state index in [1.165, 1.54) is 12.1 Å². The van der Waals surface area contributed by atoms with Crippen LogP contribution in [-0.2, 0) is 21.1 Å². The highest BCUT2D eigenvalue weighted by molar-refractivity contribution is 8.15. The minimum absolute atomic E-state index is 0.00350. The molecule has 0 aliphatic heterocycles. The van der Waals surface area contributed by atoms with Gasteiger partial charge in [-0.1, -0.05) is 48.5 Å². The number of rotatable bonds is 2. The zero-order chi connectivity index (χ0) is 13.0. The van der Waals surface area contributed by atoms with E-state index in [1.807, 2.05) is 0 Å². The first-order chi connectivity index (χ1) is 8.66. The average molecular weight is 278 g/mol. The van der Waals surface area contributed by atoms with E-state index < -0.39 is 9.84 Å². The molecule has 3 nitrogen and oxygen atoms in total. The maximum atomic E-state index is 12.3. The van der Waals surface area contributed by atoms with Crippen molar-refractivity contribution >= 4 is 25.3 Å². The summed E-state index contributed by atoms with van der Waals surface area (Å²) in [6.45, 7) is 0. The van der Waals surface area contributed by atoms with Crippen molar-refractivity contribution in [3.8, 4) is 0 Å². The molecule has 0 aliphatic rings. The Morgan fingerprint density at radius 2 is 1.33 bits per heavy atom. The van der Waals surface area contributed by atoms with Crippen LogP contribution in [0.15, 0.2) is 65.6 Å². The first-order valence-corrected chi connectivity index (χ1v) is 7.41. The van der Waals surface area contributed by atoms with E-state index in [2.05, 4.69) is 0 Å². The monoisotopic (exact) mass is 278 g/mol. The second kappa shape index (κ2) is 5.29. The number of sulfone groups is 1. The molecule has 92 valence electrons. The van der Waals surface area contributed by atoms with Crippen molar-refractivity contribution in [2.75, 3.05) is 0 Å². The van der Waals surface area contributed by atoms with Gasteiger partial charge in [-0.3, -0.25) is 0 Å². The molecule has 5 heteroatoms. The quantitative estimate of drug-likeness (QED) is 0.788. The third kappa shape index (κ3) is 2.42. The Hall–Kier alpha value is -1.72. The van der Waals surface area contributed by atoms with Crippen molar-refractivity contribution < 1.29 is 12.6 Å². The van der Waals surface area contributed by atoms with Crippen LogP contribution in [0, 0.1) is 0 Å². The van der Waals surface area contributed by atoms with Gasteiger partial charge in [-0.15, -0.1) is 0 Å². The smallest absolute Gasteiger partial charge is 0.218 e. The lowest BCUT2D eigenvalue weighted by Gasteiger charge is -2.05. The molecule has 0 N–H and O–H groups in total. The predicted molar refractivity (Wildman–Crippen MR) is 72.3 cm³/mol. The van der Waals surface area contributed by atoms with Crippen molar-refractivity contribution in [3.05, 3.63) is 66.2 Å². The van der Waals surface area contributed by atoms with E-state index in [-0.39, 0.29) is 20.3 Å². The Kier molecular flexibility index (Phi) is 3.74. The molecule has 18 heavy (non-hydrogen) atoms. The summed E-state index contributed by atoms with van der Waals surface area (Å²) in [6.07, 6.45) is 0. The molecule has 2 aromatic rings. The molecular weight excluding hydrogens is 268 g/mol. The highest BCUT2D eigenvalue weighted by Crippen LogP contribution is 2.15. The second-order valence-electron chi connectivity index (χ2n) is 3.55. The van der Waals surface area contributed by atoms with Crippen LogP contribution in [0.25, 0.3) is 0 Å². The lowest BCUT2D eigenvalue weighted by atomic mass is 10.2. The molecule has 0 fully saturated rings. The van der Waals surface area contributed by atoms with Crippen LogP contribution in [-0.4, -0.2) is 16.8 Å². The molecule has 0 bridgehead atoms. The Bertz CT molecular complexity index is 686. The van der Waals surface area contributed by atoms with Crippen LogP contribution in [0.2, 0.25) is 0 Å². The van der Waals surface area contributed by atoms with E-state index in [4.69, 9.17) is 0 Å². The van der Waals surface area contributed by atoms with E-state index >= 15 is 0 Å². The van der Waals surface area contributed by atoms with Crippen LogP contribution in [0.5, 0.6) is 0 Å². The summed E-state index contributed by atoms with van der Waals surface area (Å²) in [6, 6.07) is 16.3. The Morgan fingerprint density at radius 3 is 1.83 bits per heavy atom. The van der Waals surface area contributed by atoms with Crippen molar-refractivity contribution in [1.82, 2.24) is 0 Å². The van der Waals surface area contributed by atoms with Gasteiger partial charge in [0.25, 0.3) is 0 Å². The molecule has 2 aromatic carbocycles. The molecule has 0 saturated heterocycles. The fraction of sp³-hybridized carbons (Fsp3) is 0. The lowest BCUT2D eigenvalue weighted by molar-refractivity contribution is 0.608. The van der Waals surface area contributed by atoms with E-state index in [1.54, 1.807) is 48.5 Å². The number of hydrogen-bond acceptors (Lipinski definition) is 3. The zero-order valence-electron chi connectivity index (χ0n) is 9.31. The summed E-state index contributed by atoms with van der Waals surface area (Å²) in [5.41, 5.74) is 0.418. The predicted octanol–water partition coefficient (Wildman–Crippen LogP) is 1.85. The van der Waals surface area contributed by atoms with Crippen molar-refractivity contribution in [1.29, 1.82) is 0 Å². The lowest BCUT2D eigenvalue weighted by Crippen LogP contribution is -2.16. The molecule has 0 saturated carbocycles. The first kappa shape index (κ1) is 12.7. The topological polar surface area (TPSA) is 51.2 Å². The van der Waals surface area contributed by atoms with Gasteiger partial charge in [-0.05, 0) is 12.1 Å². The maximum absolute atomic E-state index is 12.3. The van der Waals surface area contributed by atoms with Gasteiger partial charge in [0.05, 0.1) is 4.90 Å². The SMILES string of the molecule is O=S=C(c1ccccc1)S(=O)(=O)c1ccccc1. The van der Waals surface area contributed by atoms with Crippen LogP contribution in [0.4, 0.5) is 0 Å². The largest absolute Gasteiger partial charge is 0.219 e. The minimum atomic E-state index is -3.74. The van der Waals surface area contributed by atoms with Crippen molar-refractivity contribution in [3.63, 3.8) is 0 Å². The third-order valence-corrected chi connectivity index (χ3v) is 5.25. The fourth-order valence-electron chi connectivity index (χ4n) is 1.53. The summed E-state index contributed by atoms with van der Waals surface area (Å²) in [7, 11) is -3.74. The van der Waals surface area contributed by atoms with E-state index in [9.17, 15) is 12.6 Å². The minimum Gasteiger partial charge on any atom is -0.218 e. The molecule has 0 radical (unpaired) electrons. The van der Waals surface area contributed by atoms with Crippen LogP contribution in [0.3, 0.4) is 0 Å². The van der Waals surface area contributed by atoms with Crippen molar-refractivity contribution in [2.45, 2.75) is 4.90 Å². The van der Waals surface area contributed by atoms with Gasteiger partial charge in [0.15, 0.2) is 4.20 Å². The van der Waals surface area contributed by atoms with Crippen LogP contribution < -0.4 is 0 Å². The summed E-state index contributed by atoms with van der Waals surface area (Å²) in [4.78, 5) is 0.132. The molecule has 0 aromatic heterocycles. The highest BCUT2D eigenvalue weighted by Gasteiger charge is 2.23. The number of hydrogen-bond donors (Lipinski definition) is 0. The van der Waals surface area contributed by atoms with E-state index in [0.29, 0.717) is 5.56 Å². The van der Waals surface area contributed by atoms with Gasteiger partial charge >= 0.3 is 0 Å². The van der Waals surface area contributed by atoms with Crippen LogP contribution >= 0.6 is 0 Å². The standard InChI is InChI=1S/C13H10O3S2/c14-17-13(11-7-3-1-4-8-11)18(15,16)12-9-5-2-6-10-12/h1-10H. The summed E-state index contributed by atoms with van der Waals surface area (Å²) in [5, 5.41) is 0. The van der Waals surface area contributed by atoms with Gasteiger partial charge in [-0.25, -0.2) is 12.6 Å². The molecule has 2 rings (SSSR count). The zero-order valence-corrected chi connectivity index (χ0v) is 10.9. The normalized spacial score (nSPS) is 10.9. The molecule has 0 unspecified atom stereocenters. The number of benzene rings is 2. The molecular formula is C13H10O3S2. The van der Waals surface area contributed by atoms with Gasteiger partial charge in [0.2, 0.25) is 9.84 Å².